The van der Waals surface area contributed by atoms with Crippen LogP contribution in [0.25, 0.3) is 0 Å². The van der Waals surface area contributed by atoms with Crippen molar-refractivity contribution in [1.82, 2.24) is 0 Å². The topological polar surface area (TPSA) is 52.3 Å². The molecule has 0 saturated heterocycles. The van der Waals surface area contributed by atoms with E-state index in [2.05, 4.69) is 33.9 Å². The highest BCUT2D eigenvalue weighted by atomic mass is 35.5. The Bertz CT molecular complexity index is 766. The molecule has 0 atom stereocenters. The van der Waals surface area contributed by atoms with Crippen LogP contribution in [0.3, 0.4) is 0 Å². The lowest BCUT2D eigenvalue weighted by Gasteiger charge is -2.36. The molecule has 0 aliphatic rings. The van der Waals surface area contributed by atoms with Gasteiger partial charge in [-0.25, -0.2) is 0 Å². The van der Waals surface area contributed by atoms with Crippen LogP contribution in [0.5, 0.6) is 5.75 Å². The number of hydrogen-bond acceptors (Lipinski definition) is 3. The van der Waals surface area contributed by atoms with Crippen molar-refractivity contribution < 1.29 is 9.22 Å². The molecule has 128 valence electrons. The van der Waals surface area contributed by atoms with E-state index in [4.69, 9.17) is 21.8 Å². The molecule has 24 heavy (non-hydrogen) atoms. The second kappa shape index (κ2) is 6.61. The van der Waals surface area contributed by atoms with Crippen molar-refractivity contribution in [3.8, 4) is 5.75 Å². The zero-order valence-corrected chi connectivity index (χ0v) is 16.6. The van der Waals surface area contributed by atoms with Gasteiger partial charge in [0.1, 0.15) is 5.75 Å². The smallest absolute Gasteiger partial charge is 0.250 e. The van der Waals surface area contributed by atoms with E-state index < -0.39 is 8.32 Å². The van der Waals surface area contributed by atoms with Gasteiger partial charge < -0.3 is 10.2 Å². The Labute approximate surface area is 149 Å². The van der Waals surface area contributed by atoms with Crippen molar-refractivity contribution in [2.24, 2.45) is 0 Å². The number of nitrogen functional groups attached to an aromatic ring is 1. The molecule has 0 heterocycles. The van der Waals surface area contributed by atoms with Crippen LogP contribution in [0, 0.1) is 0 Å². The van der Waals surface area contributed by atoms with Crippen molar-refractivity contribution in [3.05, 3.63) is 58.6 Å². The number of ketones is 1. The van der Waals surface area contributed by atoms with Gasteiger partial charge in [-0.15, -0.1) is 0 Å². The number of halogens is 1. The molecular weight excluding hydrogens is 338 g/mol. The molecule has 2 rings (SSSR count). The van der Waals surface area contributed by atoms with Crippen molar-refractivity contribution >= 4 is 31.4 Å². The molecule has 0 aliphatic heterocycles. The lowest BCUT2D eigenvalue weighted by atomic mass is 10.0. The molecular formula is C19H24ClNO2Si. The van der Waals surface area contributed by atoms with Crippen LogP contribution in [0.4, 0.5) is 5.69 Å². The van der Waals surface area contributed by atoms with Crippen LogP contribution in [0.2, 0.25) is 23.2 Å². The van der Waals surface area contributed by atoms with E-state index in [1.807, 2.05) is 12.1 Å². The Hall–Kier alpha value is -1.78. The number of hydrogen-bond donors (Lipinski definition) is 1. The molecule has 2 N–H and O–H groups in total. The average molecular weight is 362 g/mol. The molecule has 2 aromatic carbocycles. The van der Waals surface area contributed by atoms with E-state index in [1.165, 1.54) is 0 Å². The molecule has 5 heteroatoms. The highest BCUT2D eigenvalue weighted by Crippen LogP contribution is 2.37. The van der Waals surface area contributed by atoms with Gasteiger partial charge in [-0.3, -0.25) is 4.79 Å². The number of anilines is 1. The standard InChI is InChI=1S/C19H24ClNO2Si/c1-19(2,3)24(4,5)23-15-8-6-7-13(11-15)18(22)16-12-14(20)9-10-17(16)21/h6-12H,21H2,1-5H3. The maximum Gasteiger partial charge on any atom is 0.250 e. The SMILES string of the molecule is CC(C)(C)[Si](C)(C)Oc1cccc(C(=O)c2cc(Cl)ccc2N)c1. The van der Waals surface area contributed by atoms with Crippen LogP contribution in [0.15, 0.2) is 42.5 Å². The van der Waals surface area contributed by atoms with Crippen molar-refractivity contribution in [2.45, 2.75) is 38.9 Å². The molecule has 0 saturated carbocycles. The Balaban J connectivity index is 2.34. The van der Waals surface area contributed by atoms with Gasteiger partial charge in [0.05, 0.1) is 0 Å². The fraction of sp³-hybridized carbons (Fsp3) is 0.316. The predicted molar refractivity (Wildman–Crippen MR) is 104 cm³/mol. The zero-order valence-electron chi connectivity index (χ0n) is 14.8. The average Bonchev–Trinajstić information content (AvgIpc) is 2.47. The van der Waals surface area contributed by atoms with Gasteiger partial charge in [-0.1, -0.05) is 44.5 Å². The van der Waals surface area contributed by atoms with E-state index in [9.17, 15) is 4.79 Å². The van der Waals surface area contributed by atoms with Crippen molar-refractivity contribution in [1.29, 1.82) is 0 Å². The summed E-state index contributed by atoms with van der Waals surface area (Å²) in [5.41, 5.74) is 7.29. The first-order valence-electron chi connectivity index (χ1n) is 7.90. The summed E-state index contributed by atoms with van der Waals surface area (Å²) in [6.07, 6.45) is 0. The molecule has 3 nitrogen and oxygen atoms in total. The molecule has 0 spiro atoms. The maximum absolute atomic E-state index is 12.8. The van der Waals surface area contributed by atoms with Gasteiger partial charge in [0, 0.05) is 21.8 Å². The minimum atomic E-state index is -1.96. The first kappa shape index (κ1) is 18.6. The Kier molecular flexibility index (Phi) is 5.11. The molecule has 0 aromatic heterocycles. The maximum atomic E-state index is 12.8. The minimum absolute atomic E-state index is 0.0877. The van der Waals surface area contributed by atoms with E-state index in [0.29, 0.717) is 27.6 Å². The fourth-order valence-corrected chi connectivity index (χ4v) is 3.22. The zero-order chi connectivity index (χ0) is 18.1. The first-order valence-corrected chi connectivity index (χ1v) is 11.2. The highest BCUT2D eigenvalue weighted by molar-refractivity contribution is 6.74. The quantitative estimate of drug-likeness (QED) is 0.442. The first-order chi connectivity index (χ1) is 11.0. The lowest BCUT2D eigenvalue weighted by Crippen LogP contribution is -2.43. The third-order valence-corrected chi connectivity index (χ3v) is 9.13. The number of carbonyl (C=O) groups is 1. The summed E-state index contributed by atoms with van der Waals surface area (Å²) in [6.45, 7) is 10.9. The van der Waals surface area contributed by atoms with Crippen molar-refractivity contribution in [2.75, 3.05) is 5.73 Å². The predicted octanol–water partition coefficient (Wildman–Crippen LogP) is 5.54. The van der Waals surface area contributed by atoms with E-state index in [-0.39, 0.29) is 10.8 Å². The largest absolute Gasteiger partial charge is 0.543 e. The summed E-state index contributed by atoms with van der Waals surface area (Å²) in [5, 5.41) is 0.575. The molecule has 0 amide bonds. The van der Waals surface area contributed by atoms with Gasteiger partial charge in [0.2, 0.25) is 8.32 Å². The van der Waals surface area contributed by atoms with Crippen molar-refractivity contribution in [3.63, 3.8) is 0 Å². The number of benzene rings is 2. The number of carbonyl (C=O) groups excluding carboxylic acids is 1. The van der Waals surface area contributed by atoms with Crippen LogP contribution in [-0.4, -0.2) is 14.1 Å². The summed E-state index contributed by atoms with van der Waals surface area (Å²) >= 11 is 5.99. The molecule has 2 aromatic rings. The van der Waals surface area contributed by atoms with Gasteiger partial charge in [0.15, 0.2) is 5.78 Å². The molecule has 0 radical (unpaired) electrons. The second-order valence-electron chi connectivity index (χ2n) is 7.45. The summed E-state index contributed by atoms with van der Waals surface area (Å²) in [6, 6.07) is 12.2. The van der Waals surface area contributed by atoms with Gasteiger partial charge in [0.25, 0.3) is 0 Å². The molecule has 0 fully saturated rings. The fourth-order valence-electron chi connectivity index (χ4n) is 2.03. The summed E-state index contributed by atoms with van der Waals surface area (Å²) in [7, 11) is -1.96. The monoisotopic (exact) mass is 361 g/mol. The minimum Gasteiger partial charge on any atom is -0.543 e. The highest BCUT2D eigenvalue weighted by Gasteiger charge is 2.39. The number of rotatable bonds is 4. The number of nitrogens with two attached hydrogens (primary N) is 1. The Morgan fingerprint density at radius 3 is 2.42 bits per heavy atom. The summed E-state index contributed by atoms with van der Waals surface area (Å²) < 4.78 is 6.28. The van der Waals surface area contributed by atoms with Gasteiger partial charge in [-0.05, 0) is 48.5 Å². The molecule has 0 unspecified atom stereocenters. The van der Waals surface area contributed by atoms with Crippen LogP contribution in [-0.2, 0) is 0 Å². The van der Waals surface area contributed by atoms with E-state index in [0.717, 1.165) is 0 Å². The normalized spacial score (nSPS) is 12.1. The van der Waals surface area contributed by atoms with Crippen LogP contribution < -0.4 is 10.2 Å². The van der Waals surface area contributed by atoms with Gasteiger partial charge >= 0.3 is 0 Å². The summed E-state index contributed by atoms with van der Waals surface area (Å²) in [5.74, 6) is 0.559. The van der Waals surface area contributed by atoms with Crippen LogP contribution in [0.1, 0.15) is 36.7 Å². The molecule has 0 bridgehead atoms. The third kappa shape index (κ3) is 4.00. The lowest BCUT2D eigenvalue weighted by molar-refractivity contribution is 0.103. The van der Waals surface area contributed by atoms with E-state index >= 15 is 0 Å². The van der Waals surface area contributed by atoms with Crippen LogP contribution >= 0.6 is 11.6 Å². The second-order valence-corrected chi connectivity index (χ2v) is 12.6. The summed E-state index contributed by atoms with van der Waals surface area (Å²) in [4.78, 5) is 12.8. The van der Waals surface area contributed by atoms with E-state index in [1.54, 1.807) is 30.3 Å². The Morgan fingerprint density at radius 2 is 1.79 bits per heavy atom. The Morgan fingerprint density at radius 1 is 1.12 bits per heavy atom. The molecule has 0 aliphatic carbocycles. The van der Waals surface area contributed by atoms with Gasteiger partial charge in [-0.2, -0.15) is 0 Å². The third-order valence-electron chi connectivity index (χ3n) is 4.54.